The minimum absolute atomic E-state index is 0.0143. The van der Waals surface area contributed by atoms with Crippen molar-refractivity contribution in [2.75, 3.05) is 0 Å². The van der Waals surface area contributed by atoms with Crippen molar-refractivity contribution in [2.45, 2.75) is 52.7 Å². The van der Waals surface area contributed by atoms with Gasteiger partial charge < -0.3 is 10.5 Å². The van der Waals surface area contributed by atoms with Gasteiger partial charge in [0.1, 0.15) is 6.10 Å². The van der Waals surface area contributed by atoms with Crippen molar-refractivity contribution >= 4 is 5.97 Å². The van der Waals surface area contributed by atoms with E-state index < -0.39 is 6.04 Å². The molecule has 102 valence electrons. The Labute approximate surface area is 110 Å². The van der Waals surface area contributed by atoms with E-state index in [1.165, 1.54) is 0 Å². The molecule has 0 saturated carbocycles. The number of rotatable bonds is 5. The molecule has 0 aromatic heterocycles. The minimum Gasteiger partial charge on any atom is -0.458 e. The Hall–Kier alpha value is -1.35. The number of esters is 1. The van der Waals surface area contributed by atoms with Crippen molar-refractivity contribution in [3.63, 3.8) is 0 Å². The lowest BCUT2D eigenvalue weighted by molar-refractivity contribution is -0.415. The van der Waals surface area contributed by atoms with Gasteiger partial charge in [-0.05, 0) is 12.8 Å². The second-order valence-electron chi connectivity index (χ2n) is 3.84. The SMILES string of the molecule is CC.CCC(CC)OC(=O)C([NH3+])c1ccccc1. The summed E-state index contributed by atoms with van der Waals surface area (Å²) in [6.07, 6.45) is 1.72. The molecule has 1 atom stereocenters. The zero-order chi connectivity index (χ0) is 14.0. The molecule has 0 aliphatic rings. The van der Waals surface area contributed by atoms with Gasteiger partial charge in [0.05, 0.1) is 0 Å². The topological polar surface area (TPSA) is 53.9 Å². The standard InChI is InChI=1S/C13H19NO2.C2H6/c1-3-11(4-2)16-13(15)12(14)10-8-6-5-7-9-10;1-2/h5-9,11-12H,3-4,14H2,1-2H3;1-2H3/p+1. The molecule has 0 aliphatic carbocycles. The maximum absolute atomic E-state index is 11.8. The van der Waals surface area contributed by atoms with Gasteiger partial charge in [-0.3, -0.25) is 0 Å². The van der Waals surface area contributed by atoms with Crippen LogP contribution >= 0.6 is 0 Å². The highest BCUT2D eigenvalue weighted by atomic mass is 16.5. The van der Waals surface area contributed by atoms with Gasteiger partial charge in [0.25, 0.3) is 0 Å². The summed E-state index contributed by atoms with van der Waals surface area (Å²) in [6.45, 7) is 8.03. The predicted octanol–water partition coefficient (Wildman–Crippen LogP) is 2.73. The van der Waals surface area contributed by atoms with Crippen LogP contribution in [0.1, 0.15) is 52.1 Å². The first-order valence-corrected chi connectivity index (χ1v) is 6.77. The van der Waals surface area contributed by atoms with Crippen LogP contribution in [0.25, 0.3) is 0 Å². The fourth-order valence-corrected chi connectivity index (χ4v) is 1.52. The molecule has 1 unspecified atom stereocenters. The van der Waals surface area contributed by atoms with Crippen molar-refractivity contribution in [2.24, 2.45) is 0 Å². The van der Waals surface area contributed by atoms with Gasteiger partial charge in [-0.25, -0.2) is 4.79 Å². The Morgan fingerprint density at radius 1 is 1.17 bits per heavy atom. The molecule has 18 heavy (non-hydrogen) atoms. The second-order valence-corrected chi connectivity index (χ2v) is 3.84. The van der Waals surface area contributed by atoms with Gasteiger partial charge in [0, 0.05) is 5.56 Å². The number of hydrogen-bond acceptors (Lipinski definition) is 2. The molecule has 0 amide bonds. The Kier molecular flexibility index (Phi) is 8.93. The van der Waals surface area contributed by atoms with Crippen molar-refractivity contribution in [3.8, 4) is 0 Å². The van der Waals surface area contributed by atoms with Crippen LogP contribution in [-0.4, -0.2) is 12.1 Å². The third-order valence-corrected chi connectivity index (χ3v) is 2.68. The summed E-state index contributed by atoms with van der Waals surface area (Å²) in [5.74, 6) is -0.236. The van der Waals surface area contributed by atoms with E-state index in [1.54, 1.807) is 0 Å². The Morgan fingerprint density at radius 3 is 2.11 bits per heavy atom. The van der Waals surface area contributed by atoms with E-state index in [-0.39, 0.29) is 12.1 Å². The fraction of sp³-hybridized carbons (Fsp3) is 0.533. The lowest BCUT2D eigenvalue weighted by Gasteiger charge is -2.15. The average molecular weight is 252 g/mol. The predicted molar refractivity (Wildman–Crippen MR) is 73.9 cm³/mol. The van der Waals surface area contributed by atoms with Gasteiger partial charge in [0.2, 0.25) is 6.04 Å². The van der Waals surface area contributed by atoms with E-state index in [0.29, 0.717) is 0 Å². The summed E-state index contributed by atoms with van der Waals surface area (Å²) in [5.41, 5.74) is 4.76. The third kappa shape index (κ3) is 5.32. The average Bonchev–Trinajstić information content (AvgIpc) is 2.46. The second kappa shape index (κ2) is 9.66. The molecule has 0 saturated heterocycles. The van der Waals surface area contributed by atoms with Crippen LogP contribution in [0.5, 0.6) is 0 Å². The summed E-state index contributed by atoms with van der Waals surface area (Å²) in [5, 5.41) is 0. The first-order valence-electron chi connectivity index (χ1n) is 6.77. The van der Waals surface area contributed by atoms with Crippen LogP contribution in [0, 0.1) is 0 Å². The number of ether oxygens (including phenoxy) is 1. The largest absolute Gasteiger partial charge is 0.458 e. The minimum atomic E-state index is -0.429. The Morgan fingerprint density at radius 2 is 1.67 bits per heavy atom. The molecule has 3 nitrogen and oxygen atoms in total. The molecular formula is C15H26NO2+. The summed E-state index contributed by atoms with van der Waals surface area (Å²) in [6, 6.07) is 9.08. The number of carbonyl (C=O) groups excluding carboxylic acids is 1. The van der Waals surface area contributed by atoms with E-state index in [2.05, 4.69) is 5.73 Å². The van der Waals surface area contributed by atoms with Crippen LogP contribution in [0.2, 0.25) is 0 Å². The Balaban J connectivity index is 0.00000137. The number of hydrogen-bond donors (Lipinski definition) is 1. The summed E-state index contributed by atoms with van der Waals surface area (Å²) in [4.78, 5) is 11.8. The highest BCUT2D eigenvalue weighted by molar-refractivity contribution is 5.75. The lowest BCUT2D eigenvalue weighted by Crippen LogP contribution is -2.58. The van der Waals surface area contributed by atoms with Crippen LogP contribution in [0.4, 0.5) is 0 Å². The van der Waals surface area contributed by atoms with Gasteiger partial charge in [0.15, 0.2) is 0 Å². The zero-order valence-electron chi connectivity index (χ0n) is 12.0. The number of quaternary nitrogens is 1. The monoisotopic (exact) mass is 252 g/mol. The van der Waals surface area contributed by atoms with Crippen LogP contribution in [0.3, 0.4) is 0 Å². The Bertz CT molecular complexity index is 321. The summed E-state index contributed by atoms with van der Waals surface area (Å²) >= 11 is 0. The van der Waals surface area contributed by atoms with Crippen LogP contribution in [0.15, 0.2) is 30.3 Å². The summed E-state index contributed by atoms with van der Waals surface area (Å²) in [7, 11) is 0. The molecule has 0 radical (unpaired) electrons. The normalized spacial score (nSPS) is 11.4. The third-order valence-electron chi connectivity index (χ3n) is 2.68. The fourth-order valence-electron chi connectivity index (χ4n) is 1.52. The molecule has 3 heteroatoms. The van der Waals surface area contributed by atoms with E-state index in [9.17, 15) is 4.79 Å². The quantitative estimate of drug-likeness (QED) is 0.819. The van der Waals surface area contributed by atoms with Gasteiger partial charge >= 0.3 is 5.97 Å². The molecule has 1 rings (SSSR count). The molecule has 0 aliphatic heterocycles. The maximum atomic E-state index is 11.8. The molecule has 1 aromatic rings. The highest BCUT2D eigenvalue weighted by Gasteiger charge is 2.23. The van der Waals surface area contributed by atoms with Crippen LogP contribution < -0.4 is 5.73 Å². The first-order chi connectivity index (χ1) is 8.69. The zero-order valence-corrected chi connectivity index (χ0v) is 12.0. The molecule has 0 spiro atoms. The first kappa shape index (κ1) is 16.6. The van der Waals surface area contributed by atoms with Crippen molar-refractivity contribution in [1.82, 2.24) is 0 Å². The molecule has 0 bridgehead atoms. The van der Waals surface area contributed by atoms with Crippen molar-refractivity contribution < 1.29 is 15.3 Å². The van der Waals surface area contributed by atoms with E-state index in [1.807, 2.05) is 58.0 Å². The van der Waals surface area contributed by atoms with E-state index in [0.717, 1.165) is 18.4 Å². The van der Waals surface area contributed by atoms with Gasteiger partial charge in [-0.1, -0.05) is 58.0 Å². The maximum Gasteiger partial charge on any atom is 0.370 e. The van der Waals surface area contributed by atoms with Gasteiger partial charge in [-0.15, -0.1) is 0 Å². The lowest BCUT2D eigenvalue weighted by atomic mass is 10.1. The number of carbonyl (C=O) groups is 1. The molecule has 0 fully saturated rings. The number of benzene rings is 1. The van der Waals surface area contributed by atoms with Crippen molar-refractivity contribution in [1.29, 1.82) is 0 Å². The van der Waals surface area contributed by atoms with Gasteiger partial charge in [-0.2, -0.15) is 0 Å². The highest BCUT2D eigenvalue weighted by Crippen LogP contribution is 2.12. The van der Waals surface area contributed by atoms with E-state index in [4.69, 9.17) is 4.74 Å². The summed E-state index contributed by atoms with van der Waals surface area (Å²) < 4.78 is 5.36. The van der Waals surface area contributed by atoms with E-state index >= 15 is 0 Å². The van der Waals surface area contributed by atoms with Crippen LogP contribution in [-0.2, 0) is 9.53 Å². The molecule has 1 aromatic carbocycles. The molecule has 0 heterocycles. The molecule has 3 N–H and O–H groups in total. The molecular weight excluding hydrogens is 226 g/mol. The van der Waals surface area contributed by atoms with Crippen molar-refractivity contribution in [3.05, 3.63) is 35.9 Å². The smallest absolute Gasteiger partial charge is 0.370 e.